The molecule has 1 N–H and O–H groups in total. The maximum Gasteiger partial charge on any atom is 0.245 e. The number of rotatable bonds is 9. The number of benzene rings is 2. The number of imidazole rings is 1. The molecule has 9 heteroatoms. The number of hydrogen-bond donors (Lipinski definition) is 1. The highest BCUT2D eigenvalue weighted by molar-refractivity contribution is 6.27. The summed E-state index contributed by atoms with van der Waals surface area (Å²) in [5.41, 5.74) is 3.14. The highest BCUT2D eigenvalue weighted by Crippen LogP contribution is 2.45. The van der Waals surface area contributed by atoms with Crippen molar-refractivity contribution in [3.63, 3.8) is 0 Å². The van der Waals surface area contributed by atoms with E-state index in [9.17, 15) is 14.0 Å². The molecule has 3 fully saturated rings. The first-order valence-corrected chi connectivity index (χ1v) is 16.4. The quantitative estimate of drug-likeness (QED) is 0.315. The van der Waals surface area contributed by atoms with Crippen molar-refractivity contribution in [3.8, 4) is 0 Å². The first-order valence-electron chi connectivity index (χ1n) is 15.9. The number of amides is 2. The fourth-order valence-corrected chi connectivity index (χ4v) is 8.32. The third kappa shape index (κ3) is 5.93. The molecule has 3 saturated heterocycles. The predicted molar refractivity (Wildman–Crippen MR) is 168 cm³/mol. The summed E-state index contributed by atoms with van der Waals surface area (Å²) in [5, 5.41) is 2.76. The Morgan fingerprint density at radius 1 is 1.07 bits per heavy atom. The number of halogens is 2. The van der Waals surface area contributed by atoms with Gasteiger partial charge < -0.3 is 14.8 Å². The van der Waals surface area contributed by atoms with Gasteiger partial charge in [0, 0.05) is 31.2 Å². The molecule has 0 spiro atoms. The number of piperidine rings is 2. The van der Waals surface area contributed by atoms with Crippen molar-refractivity contribution in [2.24, 2.45) is 0 Å². The van der Waals surface area contributed by atoms with E-state index in [1.807, 2.05) is 17.9 Å². The number of alkyl halides is 1. The Morgan fingerprint density at radius 2 is 1.79 bits per heavy atom. The van der Waals surface area contributed by atoms with E-state index in [0.29, 0.717) is 37.6 Å². The molecular formula is C34H43ClFN5O2. The first kappa shape index (κ1) is 30.1. The van der Waals surface area contributed by atoms with E-state index in [1.54, 1.807) is 6.07 Å². The summed E-state index contributed by atoms with van der Waals surface area (Å²) in [4.78, 5) is 34.6. The van der Waals surface area contributed by atoms with Gasteiger partial charge in [0.25, 0.3) is 0 Å². The van der Waals surface area contributed by atoms with Crippen molar-refractivity contribution >= 4 is 34.4 Å². The van der Waals surface area contributed by atoms with Crippen LogP contribution in [0.1, 0.15) is 75.7 Å². The molecule has 2 amide bonds. The van der Waals surface area contributed by atoms with Crippen LogP contribution in [0, 0.1) is 12.7 Å². The third-order valence-corrected chi connectivity index (χ3v) is 10.7. The van der Waals surface area contributed by atoms with Gasteiger partial charge in [-0.15, -0.1) is 11.6 Å². The van der Waals surface area contributed by atoms with Gasteiger partial charge in [0.1, 0.15) is 23.6 Å². The van der Waals surface area contributed by atoms with Crippen molar-refractivity contribution in [2.75, 3.05) is 25.5 Å². The lowest BCUT2D eigenvalue weighted by Crippen LogP contribution is -2.53. The molecule has 0 radical (unpaired) electrons. The average molecular weight is 608 g/mol. The van der Waals surface area contributed by atoms with Crippen LogP contribution >= 0.6 is 11.6 Å². The molecule has 3 aliphatic heterocycles. The van der Waals surface area contributed by atoms with Crippen molar-refractivity contribution in [3.05, 3.63) is 65.7 Å². The molecule has 1 unspecified atom stereocenters. The molecule has 2 bridgehead atoms. The lowest BCUT2D eigenvalue weighted by molar-refractivity contribution is -0.137. The van der Waals surface area contributed by atoms with E-state index in [1.165, 1.54) is 24.4 Å². The summed E-state index contributed by atoms with van der Waals surface area (Å²) in [7, 11) is 0. The van der Waals surface area contributed by atoms with Crippen LogP contribution in [0.15, 0.2) is 48.5 Å². The normalized spacial score (nSPS) is 24.3. The number of fused-ring (bicyclic) bond motifs is 3. The van der Waals surface area contributed by atoms with E-state index in [0.717, 1.165) is 55.6 Å². The fraction of sp³-hybridized carbons (Fsp3) is 0.559. The second kappa shape index (κ2) is 12.6. The Hall–Kier alpha value is -2.97. The maximum atomic E-state index is 14.5. The lowest BCUT2D eigenvalue weighted by Gasteiger charge is -2.46. The van der Waals surface area contributed by atoms with E-state index < -0.39 is 6.04 Å². The van der Waals surface area contributed by atoms with Crippen molar-refractivity contribution in [1.29, 1.82) is 0 Å². The molecule has 1 aromatic heterocycles. The first-order chi connectivity index (χ1) is 20.8. The van der Waals surface area contributed by atoms with Crippen LogP contribution < -0.4 is 5.32 Å². The molecule has 0 saturated carbocycles. The van der Waals surface area contributed by atoms with Gasteiger partial charge in [0.2, 0.25) is 11.8 Å². The largest absolute Gasteiger partial charge is 0.343 e. The Labute approximate surface area is 258 Å². The second-order valence-corrected chi connectivity index (χ2v) is 13.1. The number of carbonyl (C=O) groups is 2. The highest BCUT2D eigenvalue weighted by atomic mass is 35.5. The number of hydrogen-bond acceptors (Lipinski definition) is 4. The number of aromatic nitrogens is 2. The summed E-state index contributed by atoms with van der Waals surface area (Å²) in [6, 6.07) is 16.5. The zero-order valence-corrected chi connectivity index (χ0v) is 26.0. The Bertz CT molecular complexity index is 1450. The van der Waals surface area contributed by atoms with Gasteiger partial charge in [0.05, 0.1) is 11.0 Å². The van der Waals surface area contributed by atoms with Crippen LogP contribution in [0.2, 0.25) is 0 Å². The molecule has 7 nitrogen and oxygen atoms in total. The van der Waals surface area contributed by atoms with E-state index in [-0.39, 0.29) is 28.9 Å². The minimum Gasteiger partial charge on any atom is -0.343 e. The number of nitrogens with one attached hydrogen (secondary N) is 1. The van der Waals surface area contributed by atoms with Gasteiger partial charge >= 0.3 is 0 Å². The van der Waals surface area contributed by atoms with Crippen LogP contribution in [-0.4, -0.2) is 74.8 Å². The minimum absolute atomic E-state index is 0.0590. The number of para-hydroxylation sites is 2. The molecular weight excluding hydrogens is 565 g/mol. The van der Waals surface area contributed by atoms with Crippen molar-refractivity contribution < 1.29 is 14.0 Å². The lowest BCUT2D eigenvalue weighted by atomic mass is 9.70. The molecule has 230 valence electrons. The van der Waals surface area contributed by atoms with Gasteiger partial charge in [-0.2, -0.15) is 0 Å². The monoisotopic (exact) mass is 607 g/mol. The maximum absolute atomic E-state index is 14.5. The standard InChI is InChI=1S/C34H43ClFN5O2/c1-3-29(38-32(42)22-35)33(43)39-16-13-34(14-17-39,24-7-6-8-25(36)19-24)15-18-40-26-11-12-27(40)21-28(20-26)41-23(2)37-30-9-4-5-10-31(30)41/h4-10,19,26-29H,3,11-18,20-22H2,1-2H3,(H,38,42)/t26-,27+,28?,29-/m0/s1. The topological polar surface area (TPSA) is 70.5 Å². The van der Waals surface area contributed by atoms with Crippen LogP contribution in [0.25, 0.3) is 11.0 Å². The third-order valence-electron chi connectivity index (χ3n) is 10.5. The average Bonchev–Trinajstić information content (AvgIpc) is 3.48. The highest BCUT2D eigenvalue weighted by Gasteiger charge is 2.44. The number of aryl methyl sites for hydroxylation is 1. The molecule has 3 aliphatic rings. The predicted octanol–water partition coefficient (Wildman–Crippen LogP) is 5.74. The molecule has 0 aliphatic carbocycles. The zero-order valence-electron chi connectivity index (χ0n) is 25.3. The SMILES string of the molecule is CC[C@H](NC(=O)CCl)C(=O)N1CCC(CCN2[C@@H]3CC[C@H]2CC(n2c(C)nc4ccccc42)C3)(c2cccc(F)c2)CC1. The Morgan fingerprint density at radius 3 is 2.47 bits per heavy atom. The Balaban J connectivity index is 1.16. The van der Waals surface area contributed by atoms with Crippen molar-refractivity contribution in [2.45, 2.75) is 94.8 Å². The van der Waals surface area contributed by atoms with Gasteiger partial charge in [0.15, 0.2) is 0 Å². The summed E-state index contributed by atoms with van der Waals surface area (Å²) >= 11 is 5.67. The van der Waals surface area contributed by atoms with Gasteiger partial charge in [-0.05, 0) is 100 Å². The summed E-state index contributed by atoms with van der Waals surface area (Å²) in [6.45, 7) is 6.17. The van der Waals surface area contributed by atoms with Crippen LogP contribution in [-0.2, 0) is 15.0 Å². The summed E-state index contributed by atoms with van der Waals surface area (Å²) < 4.78 is 17.0. The molecule has 43 heavy (non-hydrogen) atoms. The minimum atomic E-state index is -0.568. The van der Waals surface area contributed by atoms with E-state index in [2.05, 4.69) is 52.0 Å². The molecule has 4 atom stereocenters. The second-order valence-electron chi connectivity index (χ2n) is 12.8. The van der Waals surface area contributed by atoms with Crippen LogP contribution in [0.5, 0.6) is 0 Å². The number of likely N-dealkylation sites (tertiary alicyclic amines) is 1. The zero-order chi connectivity index (χ0) is 30.1. The molecule has 3 aromatic rings. The summed E-state index contributed by atoms with van der Waals surface area (Å²) in [5.74, 6) is 0.329. The van der Waals surface area contributed by atoms with Gasteiger partial charge in [-0.1, -0.05) is 31.2 Å². The number of carbonyl (C=O) groups excluding carboxylic acids is 2. The van der Waals surface area contributed by atoms with Gasteiger partial charge in [-0.3, -0.25) is 14.5 Å². The van der Waals surface area contributed by atoms with E-state index in [4.69, 9.17) is 16.6 Å². The number of nitrogens with zero attached hydrogens (tertiary/aromatic N) is 4. The van der Waals surface area contributed by atoms with Crippen LogP contribution in [0.4, 0.5) is 4.39 Å². The Kier molecular flexibility index (Phi) is 8.79. The van der Waals surface area contributed by atoms with Gasteiger partial charge in [-0.25, -0.2) is 9.37 Å². The molecule has 4 heterocycles. The summed E-state index contributed by atoms with van der Waals surface area (Å²) in [6.07, 6.45) is 7.67. The molecule has 2 aromatic carbocycles. The fourth-order valence-electron chi connectivity index (χ4n) is 8.24. The van der Waals surface area contributed by atoms with Crippen LogP contribution in [0.3, 0.4) is 0 Å². The smallest absolute Gasteiger partial charge is 0.245 e. The van der Waals surface area contributed by atoms with Crippen molar-refractivity contribution in [1.82, 2.24) is 24.7 Å². The van der Waals surface area contributed by atoms with E-state index >= 15 is 0 Å². The molecule has 6 rings (SSSR count).